The Bertz CT molecular complexity index is 262. The first-order valence-electron chi connectivity index (χ1n) is 3.78. The van der Waals surface area contributed by atoms with Crippen molar-refractivity contribution in [2.45, 2.75) is 0 Å². The number of halogens is 1. The number of rotatable bonds is 2. The van der Waals surface area contributed by atoms with E-state index in [1.807, 2.05) is 18.2 Å². The second-order valence-corrected chi connectivity index (χ2v) is 3.50. The zero-order valence-electron chi connectivity index (χ0n) is 7.29. The number of nitrogens with zero attached hydrogens (tertiary/aromatic N) is 1. The molecule has 1 aromatic rings. The fourth-order valence-corrected chi connectivity index (χ4v) is 1.37. The van der Waals surface area contributed by atoms with E-state index in [1.54, 1.807) is 0 Å². The van der Waals surface area contributed by atoms with Crippen molar-refractivity contribution in [2.24, 2.45) is 0 Å². The van der Waals surface area contributed by atoms with Gasteiger partial charge >= 0.3 is 0 Å². The summed E-state index contributed by atoms with van der Waals surface area (Å²) in [4.78, 5) is 2.09. The highest BCUT2D eigenvalue weighted by Gasteiger charge is 1.92. The molecule has 0 bridgehead atoms. The van der Waals surface area contributed by atoms with Crippen LogP contribution in [0.4, 0.5) is 5.69 Å². The van der Waals surface area contributed by atoms with Crippen LogP contribution in [0.2, 0.25) is 0 Å². The van der Waals surface area contributed by atoms with Gasteiger partial charge in [-0.15, -0.1) is 0 Å². The van der Waals surface area contributed by atoms with Crippen molar-refractivity contribution in [3.63, 3.8) is 0 Å². The average Bonchev–Trinajstić information content (AvgIpc) is 2.06. The molecule has 2 heteroatoms. The maximum atomic E-state index is 2.22. The normalized spacial score (nSPS) is 10.6. The van der Waals surface area contributed by atoms with E-state index in [1.165, 1.54) is 11.3 Å². The summed E-state index contributed by atoms with van der Waals surface area (Å²) in [5.41, 5.74) is 2.48. The molecule has 0 aliphatic rings. The predicted octanol–water partition coefficient (Wildman–Crippen LogP) is 3.16. The summed E-state index contributed by atoms with van der Waals surface area (Å²) >= 11 is 2.22. The highest BCUT2D eigenvalue weighted by Crippen LogP contribution is 2.13. The maximum absolute atomic E-state index is 2.22. The van der Waals surface area contributed by atoms with Crippen molar-refractivity contribution in [3.8, 4) is 0 Å². The molecule has 0 N–H and O–H groups in total. The molecular formula is C10H12IN. The van der Waals surface area contributed by atoms with Gasteiger partial charge in [0.2, 0.25) is 0 Å². The van der Waals surface area contributed by atoms with Gasteiger partial charge in [-0.3, -0.25) is 0 Å². The van der Waals surface area contributed by atoms with E-state index in [-0.39, 0.29) is 0 Å². The van der Waals surface area contributed by atoms with E-state index in [2.05, 4.69) is 57.8 Å². The van der Waals surface area contributed by atoms with Gasteiger partial charge in [0.1, 0.15) is 0 Å². The molecule has 0 aliphatic carbocycles. The lowest BCUT2D eigenvalue weighted by atomic mass is 10.2. The number of anilines is 1. The Morgan fingerprint density at radius 3 is 2.17 bits per heavy atom. The van der Waals surface area contributed by atoms with Crippen molar-refractivity contribution in [1.29, 1.82) is 0 Å². The van der Waals surface area contributed by atoms with Gasteiger partial charge in [-0.1, -0.05) is 34.7 Å². The van der Waals surface area contributed by atoms with Crippen LogP contribution in [0.25, 0.3) is 6.08 Å². The Kier molecular flexibility index (Phi) is 3.59. The lowest BCUT2D eigenvalue weighted by Gasteiger charge is -2.11. The monoisotopic (exact) mass is 273 g/mol. The summed E-state index contributed by atoms with van der Waals surface area (Å²) in [6.45, 7) is 0. The third-order valence-corrected chi connectivity index (χ3v) is 2.02. The van der Waals surface area contributed by atoms with E-state index >= 15 is 0 Å². The Morgan fingerprint density at radius 2 is 1.75 bits per heavy atom. The minimum atomic E-state index is 1.24. The van der Waals surface area contributed by atoms with Gasteiger partial charge < -0.3 is 4.90 Å². The van der Waals surface area contributed by atoms with E-state index < -0.39 is 0 Å². The molecule has 0 aromatic heterocycles. The third-order valence-electron chi connectivity index (χ3n) is 1.66. The summed E-state index contributed by atoms with van der Waals surface area (Å²) in [5.74, 6) is 0. The predicted molar refractivity (Wildman–Crippen MR) is 63.8 cm³/mol. The molecule has 0 unspecified atom stereocenters. The van der Waals surface area contributed by atoms with E-state index in [9.17, 15) is 0 Å². The third kappa shape index (κ3) is 2.52. The fraction of sp³-hybridized carbons (Fsp3) is 0.200. The first-order chi connectivity index (χ1) is 5.74. The molecule has 1 nitrogen and oxygen atoms in total. The van der Waals surface area contributed by atoms with Crippen molar-refractivity contribution >= 4 is 34.4 Å². The Morgan fingerprint density at radius 1 is 1.17 bits per heavy atom. The summed E-state index contributed by atoms with van der Waals surface area (Å²) in [5, 5.41) is 0. The van der Waals surface area contributed by atoms with Gasteiger partial charge in [0.15, 0.2) is 0 Å². The fourth-order valence-electron chi connectivity index (χ4n) is 0.956. The van der Waals surface area contributed by atoms with Crippen LogP contribution in [0, 0.1) is 0 Å². The number of hydrogen-bond acceptors (Lipinski definition) is 1. The number of hydrogen-bond donors (Lipinski definition) is 0. The summed E-state index contributed by atoms with van der Waals surface area (Å²) in [6, 6.07) is 8.47. The van der Waals surface area contributed by atoms with Crippen molar-refractivity contribution < 1.29 is 0 Å². The van der Waals surface area contributed by atoms with E-state index in [0.29, 0.717) is 0 Å². The maximum Gasteiger partial charge on any atom is 0.0361 e. The Hall–Kier alpha value is -0.510. The Balaban J connectivity index is 2.85. The van der Waals surface area contributed by atoms with Crippen LogP contribution in [0.3, 0.4) is 0 Å². The van der Waals surface area contributed by atoms with Crippen LogP contribution >= 0.6 is 22.6 Å². The smallest absolute Gasteiger partial charge is 0.0361 e. The van der Waals surface area contributed by atoms with Gasteiger partial charge in [-0.2, -0.15) is 0 Å². The SMILES string of the molecule is CN(C)c1ccc(/C=C\I)cc1. The van der Waals surface area contributed by atoms with Crippen LogP contribution < -0.4 is 4.90 Å². The highest BCUT2D eigenvalue weighted by atomic mass is 127. The zero-order chi connectivity index (χ0) is 8.97. The first-order valence-corrected chi connectivity index (χ1v) is 5.03. The molecule has 0 atom stereocenters. The van der Waals surface area contributed by atoms with Gasteiger partial charge in [0.05, 0.1) is 0 Å². The lowest BCUT2D eigenvalue weighted by Crippen LogP contribution is -2.07. The van der Waals surface area contributed by atoms with Crippen LogP contribution in [0.5, 0.6) is 0 Å². The summed E-state index contributed by atoms with van der Waals surface area (Å²) in [6.07, 6.45) is 2.08. The lowest BCUT2D eigenvalue weighted by molar-refractivity contribution is 1.13. The molecule has 0 spiro atoms. The van der Waals surface area contributed by atoms with Crippen LogP contribution in [0.1, 0.15) is 5.56 Å². The number of benzene rings is 1. The molecule has 0 heterocycles. The Labute approximate surface area is 87.2 Å². The largest absolute Gasteiger partial charge is 0.378 e. The van der Waals surface area contributed by atoms with Gasteiger partial charge in [-0.25, -0.2) is 0 Å². The molecule has 0 saturated carbocycles. The molecule has 0 radical (unpaired) electrons. The second kappa shape index (κ2) is 4.50. The van der Waals surface area contributed by atoms with E-state index in [4.69, 9.17) is 0 Å². The molecule has 0 aliphatic heterocycles. The molecule has 1 aromatic carbocycles. The van der Waals surface area contributed by atoms with Gasteiger partial charge in [0, 0.05) is 19.8 Å². The van der Waals surface area contributed by atoms with E-state index in [0.717, 1.165) is 0 Å². The molecule has 0 fully saturated rings. The minimum absolute atomic E-state index is 1.24. The van der Waals surface area contributed by atoms with Crippen LogP contribution in [-0.4, -0.2) is 14.1 Å². The molecule has 64 valence electrons. The summed E-state index contributed by atoms with van der Waals surface area (Å²) in [7, 11) is 4.09. The van der Waals surface area contributed by atoms with Gasteiger partial charge in [0.25, 0.3) is 0 Å². The average molecular weight is 273 g/mol. The quantitative estimate of drug-likeness (QED) is 0.748. The standard InChI is InChI=1S/C10H12IN/c1-12(2)10-5-3-9(4-6-10)7-8-11/h3-8H,1-2H3/b8-7-. The van der Waals surface area contributed by atoms with Crippen molar-refractivity contribution in [3.05, 3.63) is 33.9 Å². The zero-order valence-corrected chi connectivity index (χ0v) is 9.45. The molecule has 12 heavy (non-hydrogen) atoms. The summed E-state index contributed by atoms with van der Waals surface area (Å²) < 4.78 is 2.02. The second-order valence-electron chi connectivity index (χ2n) is 2.78. The molecule has 1 rings (SSSR count). The molecule has 0 amide bonds. The van der Waals surface area contributed by atoms with Crippen LogP contribution in [-0.2, 0) is 0 Å². The topological polar surface area (TPSA) is 3.24 Å². The first kappa shape index (κ1) is 9.58. The van der Waals surface area contributed by atoms with Crippen LogP contribution in [0.15, 0.2) is 28.3 Å². The molecular weight excluding hydrogens is 261 g/mol. The van der Waals surface area contributed by atoms with Crippen molar-refractivity contribution in [1.82, 2.24) is 0 Å². The van der Waals surface area contributed by atoms with Gasteiger partial charge in [-0.05, 0) is 27.9 Å². The molecule has 0 saturated heterocycles. The highest BCUT2D eigenvalue weighted by molar-refractivity contribution is 14.1. The van der Waals surface area contributed by atoms with Crippen molar-refractivity contribution in [2.75, 3.05) is 19.0 Å². The minimum Gasteiger partial charge on any atom is -0.378 e.